The average Bonchev–Trinajstić information content (AvgIpc) is 3.21. The summed E-state index contributed by atoms with van der Waals surface area (Å²) in [7, 11) is -7.07. The average molecular weight is 506 g/mol. The van der Waals surface area contributed by atoms with Crippen molar-refractivity contribution in [2.75, 3.05) is 42.2 Å². The zero-order chi connectivity index (χ0) is 24.7. The van der Waals surface area contributed by atoms with Crippen LogP contribution in [0.1, 0.15) is 26.3 Å². The van der Waals surface area contributed by atoms with E-state index >= 15 is 0 Å². The normalized spacial score (nSPS) is 23.4. The molecule has 2 aromatic rings. The molecule has 1 heterocycles. The monoisotopic (exact) mass is 505 g/mol. The van der Waals surface area contributed by atoms with Gasteiger partial charge in [-0.1, -0.05) is 32.9 Å². The smallest absolute Gasteiger partial charge is 0.264 e. The zero-order valence-corrected chi connectivity index (χ0v) is 21.9. The van der Waals surface area contributed by atoms with Crippen molar-refractivity contribution in [3.63, 3.8) is 0 Å². The lowest BCUT2D eigenvalue weighted by atomic mass is 10.1. The van der Waals surface area contributed by atoms with Crippen LogP contribution in [-0.2, 0) is 30.9 Å². The highest BCUT2D eigenvalue weighted by atomic mass is 32.2. The van der Waals surface area contributed by atoms with E-state index in [1.165, 1.54) is 16.6 Å². The van der Waals surface area contributed by atoms with Gasteiger partial charge in [-0.25, -0.2) is 17.4 Å². The molecule has 1 aliphatic carbocycles. The van der Waals surface area contributed by atoms with Gasteiger partial charge in [0.05, 0.1) is 44.1 Å². The van der Waals surface area contributed by atoms with Crippen LogP contribution < -0.4 is 9.62 Å². The zero-order valence-electron chi connectivity index (χ0n) is 20.3. The molecule has 0 spiro atoms. The molecule has 2 aliphatic rings. The maximum absolute atomic E-state index is 13.8. The van der Waals surface area contributed by atoms with E-state index in [-0.39, 0.29) is 15.7 Å². The summed E-state index contributed by atoms with van der Waals surface area (Å²) < 4.78 is 55.4. The number of nitrogens with zero attached hydrogens (tertiary/aromatic N) is 1. The van der Waals surface area contributed by atoms with E-state index in [0.29, 0.717) is 42.2 Å². The van der Waals surface area contributed by atoms with E-state index in [4.69, 9.17) is 9.52 Å². The molecule has 4 atom stereocenters. The molecule has 1 saturated carbocycles. The van der Waals surface area contributed by atoms with Gasteiger partial charge in [-0.2, -0.15) is 0 Å². The van der Waals surface area contributed by atoms with Gasteiger partial charge in [-0.15, -0.1) is 0 Å². The molecule has 186 valence electrons. The number of benzene rings is 2. The Hall–Kier alpha value is -2.10. The number of nitrogens with one attached hydrogen (secondary N) is 2. The molecule has 2 aromatic carbocycles. The largest absolute Gasteiger partial charge is 0.384 e. The van der Waals surface area contributed by atoms with Crippen LogP contribution in [0.3, 0.4) is 0 Å². The predicted molar refractivity (Wildman–Crippen MR) is 136 cm³/mol. The number of sulfonamides is 1. The summed E-state index contributed by atoms with van der Waals surface area (Å²) in [4.78, 5) is 0.272. The molecule has 2 N–H and O–H groups in total. The molecule has 0 aromatic heterocycles. The molecule has 2 fully saturated rings. The van der Waals surface area contributed by atoms with E-state index in [1.807, 2.05) is 38.1 Å². The number of rotatable bonds is 10. The van der Waals surface area contributed by atoms with Gasteiger partial charge < -0.3 is 10.1 Å². The van der Waals surface area contributed by atoms with Crippen molar-refractivity contribution in [1.29, 1.82) is 4.78 Å². The Morgan fingerprint density at radius 3 is 2.29 bits per heavy atom. The first-order chi connectivity index (χ1) is 16.0. The maximum Gasteiger partial charge on any atom is 0.264 e. The fourth-order valence-electron chi connectivity index (χ4n) is 4.72. The third kappa shape index (κ3) is 5.11. The summed E-state index contributed by atoms with van der Waals surface area (Å²) in [5.41, 5.74) is 2.30. The molecule has 0 bridgehead atoms. The number of fused-ring (bicyclic) bond motifs is 1. The highest BCUT2D eigenvalue weighted by Crippen LogP contribution is 2.50. The van der Waals surface area contributed by atoms with Gasteiger partial charge in [0.1, 0.15) is 0 Å². The fraction of sp³-hybridized carbons (Fsp3) is 0.520. The van der Waals surface area contributed by atoms with Crippen molar-refractivity contribution < 1.29 is 17.4 Å². The first-order valence-electron chi connectivity index (χ1n) is 11.8. The van der Waals surface area contributed by atoms with Crippen molar-refractivity contribution in [3.8, 4) is 0 Å². The second kappa shape index (κ2) is 9.51. The molecule has 7 nitrogen and oxygen atoms in total. The summed E-state index contributed by atoms with van der Waals surface area (Å²) in [6.07, 6.45) is 2.21. The van der Waals surface area contributed by atoms with Crippen LogP contribution in [-0.4, -0.2) is 45.2 Å². The molecule has 2 unspecified atom stereocenters. The van der Waals surface area contributed by atoms with Crippen LogP contribution >= 0.6 is 0 Å². The van der Waals surface area contributed by atoms with Gasteiger partial charge in [0.15, 0.2) is 0 Å². The van der Waals surface area contributed by atoms with Crippen molar-refractivity contribution in [3.05, 3.63) is 48.0 Å². The molecule has 0 amide bonds. The summed E-state index contributed by atoms with van der Waals surface area (Å²) in [5.74, 6) is 1.76. The lowest BCUT2D eigenvalue weighted by Gasteiger charge is -2.27. The van der Waals surface area contributed by atoms with Gasteiger partial charge in [0.25, 0.3) is 10.0 Å². The molecule has 0 radical (unpaired) electrons. The number of anilines is 2. The highest BCUT2D eigenvalue weighted by Gasteiger charge is 2.53. The highest BCUT2D eigenvalue weighted by molar-refractivity contribution is 7.93. The summed E-state index contributed by atoms with van der Waals surface area (Å²) in [5, 5.41) is 3.33. The van der Waals surface area contributed by atoms with Crippen LogP contribution in [0.15, 0.2) is 52.3 Å². The van der Waals surface area contributed by atoms with E-state index in [2.05, 4.69) is 12.2 Å². The molecule has 34 heavy (non-hydrogen) atoms. The summed E-state index contributed by atoms with van der Waals surface area (Å²) in [6.45, 7) is 8.60. The molecule has 9 heteroatoms. The molecular weight excluding hydrogens is 470 g/mol. The van der Waals surface area contributed by atoms with E-state index in [9.17, 15) is 12.6 Å². The minimum absolute atomic E-state index is 0.0479. The third-order valence-electron chi connectivity index (χ3n) is 6.78. The van der Waals surface area contributed by atoms with E-state index in [0.717, 1.165) is 25.2 Å². The minimum atomic E-state index is -3.92. The van der Waals surface area contributed by atoms with E-state index in [1.54, 1.807) is 12.1 Å². The van der Waals surface area contributed by atoms with Gasteiger partial charge in [0.2, 0.25) is 0 Å². The van der Waals surface area contributed by atoms with E-state index < -0.39 is 19.8 Å². The van der Waals surface area contributed by atoms with Crippen LogP contribution in [0.5, 0.6) is 0 Å². The van der Waals surface area contributed by atoms with Crippen LogP contribution in [0.25, 0.3) is 0 Å². The number of aryl methyl sites for hydroxylation is 1. The molecule has 1 saturated heterocycles. The Morgan fingerprint density at radius 2 is 1.74 bits per heavy atom. The quantitative estimate of drug-likeness (QED) is 0.497. The van der Waals surface area contributed by atoms with Gasteiger partial charge >= 0.3 is 0 Å². The first-order valence-corrected chi connectivity index (χ1v) is 15.2. The summed E-state index contributed by atoms with van der Waals surface area (Å²) in [6, 6.07) is 12.2. The topological polar surface area (TPSA) is 99.6 Å². The molecular formula is C25H35N3O4S2. The van der Waals surface area contributed by atoms with Gasteiger partial charge in [-0.3, -0.25) is 4.31 Å². The first kappa shape index (κ1) is 25.0. The fourth-order valence-corrected chi connectivity index (χ4v) is 7.36. The Bertz CT molecular complexity index is 1230. The van der Waals surface area contributed by atoms with Gasteiger partial charge in [0, 0.05) is 19.3 Å². The standard InChI is InChI=1S/C25H35N3O4S2/c1-5-18-6-8-19(9-7-18)28(14-17(2)3)34(30,31)20-10-11-24(25(12-20)33(4,26)29)27-13-21-22-15-32-16-23(21)22/h6-12,17,21-23,26-27H,5,13-16H2,1-4H3/t21-,22-,23?,33?/m0/s1. The number of ether oxygens (including phenoxy) is 1. The minimum Gasteiger partial charge on any atom is -0.384 e. The predicted octanol–water partition coefficient (Wildman–Crippen LogP) is 4.44. The van der Waals surface area contributed by atoms with Crippen LogP contribution in [0, 0.1) is 28.5 Å². The SMILES string of the molecule is CCc1ccc(N(CC(C)C)S(=O)(=O)c2ccc(NC[C@@H]3C4COC[C@H]43)c(S(C)(=N)=O)c2)cc1. The maximum atomic E-state index is 13.8. The van der Waals surface area contributed by atoms with Crippen molar-refractivity contribution in [1.82, 2.24) is 0 Å². The Kier molecular flexibility index (Phi) is 6.99. The Morgan fingerprint density at radius 1 is 1.09 bits per heavy atom. The van der Waals surface area contributed by atoms with Crippen molar-refractivity contribution in [2.24, 2.45) is 23.7 Å². The Labute approximate surface area is 203 Å². The molecule has 1 aliphatic heterocycles. The van der Waals surface area contributed by atoms with Crippen molar-refractivity contribution in [2.45, 2.75) is 37.0 Å². The van der Waals surface area contributed by atoms with Crippen molar-refractivity contribution >= 4 is 31.1 Å². The number of hydrogen-bond donors (Lipinski definition) is 2. The van der Waals surface area contributed by atoms with Crippen LogP contribution in [0.4, 0.5) is 11.4 Å². The van der Waals surface area contributed by atoms with Crippen LogP contribution in [0.2, 0.25) is 0 Å². The number of hydrogen-bond acceptors (Lipinski definition) is 6. The lowest BCUT2D eigenvalue weighted by Crippen LogP contribution is -2.34. The lowest BCUT2D eigenvalue weighted by molar-refractivity contribution is 0.153. The second-order valence-corrected chi connectivity index (χ2v) is 13.9. The Balaban J connectivity index is 1.65. The molecule has 4 rings (SSSR count). The second-order valence-electron chi connectivity index (χ2n) is 9.86. The van der Waals surface area contributed by atoms with Gasteiger partial charge in [-0.05, 0) is 66.0 Å². The third-order valence-corrected chi connectivity index (χ3v) is 9.75. The summed E-state index contributed by atoms with van der Waals surface area (Å²) >= 11 is 0.